The van der Waals surface area contributed by atoms with Gasteiger partial charge in [-0.3, -0.25) is 4.90 Å². The molecule has 106 valence electrons. The third-order valence-corrected chi connectivity index (χ3v) is 4.52. The normalized spacial score (nSPS) is 25.5. The molecule has 19 heavy (non-hydrogen) atoms. The Morgan fingerprint density at radius 2 is 1.95 bits per heavy atom. The molecular formula is C17H27NO. The zero-order valence-electron chi connectivity index (χ0n) is 12.6. The van der Waals surface area contributed by atoms with E-state index in [9.17, 15) is 0 Å². The number of hydrogen-bond acceptors (Lipinski definition) is 2. The first-order valence-electron chi connectivity index (χ1n) is 7.38. The second kappa shape index (κ2) is 6.06. The predicted octanol–water partition coefficient (Wildman–Crippen LogP) is 3.57. The van der Waals surface area contributed by atoms with Crippen LogP contribution in [0.1, 0.15) is 33.6 Å². The number of piperidine rings is 1. The summed E-state index contributed by atoms with van der Waals surface area (Å²) in [5, 5.41) is 0. The molecule has 0 aromatic carbocycles. The van der Waals surface area contributed by atoms with Gasteiger partial charge in [-0.2, -0.15) is 0 Å². The van der Waals surface area contributed by atoms with E-state index in [0.717, 1.165) is 24.7 Å². The van der Waals surface area contributed by atoms with Crippen LogP contribution in [0, 0.1) is 5.92 Å². The third kappa shape index (κ3) is 3.37. The minimum Gasteiger partial charge on any atom is -0.377 e. The summed E-state index contributed by atoms with van der Waals surface area (Å²) in [6, 6.07) is 0. The van der Waals surface area contributed by atoms with Gasteiger partial charge in [0, 0.05) is 0 Å². The summed E-state index contributed by atoms with van der Waals surface area (Å²) in [5.41, 5.74) is 2.91. The van der Waals surface area contributed by atoms with Crippen LogP contribution in [0.2, 0.25) is 0 Å². The molecule has 2 aliphatic rings. The van der Waals surface area contributed by atoms with Gasteiger partial charge in [0.2, 0.25) is 0 Å². The van der Waals surface area contributed by atoms with Crippen molar-refractivity contribution in [3.8, 4) is 0 Å². The molecular weight excluding hydrogens is 234 g/mol. The largest absolute Gasteiger partial charge is 0.377 e. The second-order valence-corrected chi connectivity index (χ2v) is 6.21. The topological polar surface area (TPSA) is 12.5 Å². The van der Waals surface area contributed by atoms with Crippen LogP contribution in [0.4, 0.5) is 0 Å². The molecule has 0 amide bonds. The Morgan fingerprint density at radius 1 is 1.32 bits per heavy atom. The van der Waals surface area contributed by atoms with E-state index in [0.29, 0.717) is 5.54 Å². The summed E-state index contributed by atoms with van der Waals surface area (Å²) >= 11 is 0. The fourth-order valence-electron chi connectivity index (χ4n) is 3.13. The Labute approximate surface area is 117 Å². The van der Waals surface area contributed by atoms with Gasteiger partial charge in [-0.05, 0) is 58.2 Å². The van der Waals surface area contributed by atoms with E-state index in [4.69, 9.17) is 4.74 Å². The van der Waals surface area contributed by atoms with Gasteiger partial charge < -0.3 is 4.74 Å². The molecule has 2 nitrogen and oxygen atoms in total. The summed E-state index contributed by atoms with van der Waals surface area (Å²) in [4.78, 5) is 2.61. The molecule has 0 saturated carbocycles. The first-order valence-corrected chi connectivity index (χ1v) is 7.38. The predicted molar refractivity (Wildman–Crippen MR) is 81.2 cm³/mol. The van der Waals surface area contributed by atoms with Crippen LogP contribution in [-0.2, 0) is 4.74 Å². The lowest BCUT2D eigenvalue weighted by Crippen LogP contribution is -2.61. The third-order valence-electron chi connectivity index (χ3n) is 4.52. The molecule has 0 aliphatic carbocycles. The minimum atomic E-state index is 0.317. The number of likely N-dealkylation sites (tertiary alicyclic amines) is 1. The number of rotatable bonds is 4. The molecule has 2 saturated heterocycles. The standard InChI is InChI=1S/C17H27NO/c1-5-6-14(2)11-15(3)16-7-9-18(10-8-16)17(4)12-19-13-17/h5-6,11,16H,2,7-10,12-13H2,1,3-4H3/b6-5-,15-11+. The van der Waals surface area contributed by atoms with Crippen LogP contribution < -0.4 is 0 Å². The lowest BCUT2D eigenvalue weighted by molar-refractivity contribution is -0.137. The molecule has 0 aromatic heterocycles. The molecule has 0 bridgehead atoms. The fourth-order valence-corrected chi connectivity index (χ4v) is 3.13. The monoisotopic (exact) mass is 261 g/mol. The van der Waals surface area contributed by atoms with Crippen molar-refractivity contribution in [3.05, 3.63) is 36.0 Å². The summed E-state index contributed by atoms with van der Waals surface area (Å²) in [5.74, 6) is 0.725. The summed E-state index contributed by atoms with van der Waals surface area (Å²) in [6.07, 6.45) is 8.90. The molecule has 2 rings (SSSR count). The lowest BCUT2D eigenvalue weighted by atomic mass is 9.86. The maximum Gasteiger partial charge on any atom is 0.0671 e. The molecule has 0 unspecified atom stereocenters. The average molecular weight is 261 g/mol. The first-order chi connectivity index (χ1) is 9.05. The fraction of sp³-hybridized carbons (Fsp3) is 0.647. The maximum absolute atomic E-state index is 5.37. The summed E-state index contributed by atoms with van der Waals surface area (Å²) in [6.45, 7) is 14.9. The van der Waals surface area contributed by atoms with E-state index in [1.54, 1.807) is 0 Å². The van der Waals surface area contributed by atoms with E-state index in [-0.39, 0.29) is 0 Å². The molecule has 0 radical (unpaired) electrons. The smallest absolute Gasteiger partial charge is 0.0671 e. The Kier molecular flexibility index (Phi) is 4.64. The van der Waals surface area contributed by atoms with Crippen molar-refractivity contribution in [2.24, 2.45) is 5.92 Å². The minimum absolute atomic E-state index is 0.317. The van der Waals surface area contributed by atoms with Gasteiger partial charge in [0.15, 0.2) is 0 Å². The van der Waals surface area contributed by atoms with E-state index in [2.05, 4.69) is 37.5 Å². The highest BCUT2D eigenvalue weighted by molar-refractivity contribution is 5.30. The molecule has 2 aliphatic heterocycles. The summed E-state index contributed by atoms with van der Waals surface area (Å²) < 4.78 is 5.37. The molecule has 2 heterocycles. The van der Waals surface area contributed by atoms with Gasteiger partial charge in [0.25, 0.3) is 0 Å². The van der Waals surface area contributed by atoms with Crippen LogP contribution >= 0.6 is 0 Å². The zero-order valence-corrected chi connectivity index (χ0v) is 12.6. The highest BCUT2D eigenvalue weighted by atomic mass is 16.5. The number of hydrogen-bond donors (Lipinski definition) is 0. The number of allylic oxidation sites excluding steroid dienone is 5. The molecule has 2 fully saturated rings. The Hall–Kier alpha value is -0.860. The molecule has 0 N–H and O–H groups in total. The SMILES string of the molecule is C=C(/C=C\C)/C=C(\C)C1CCN(C2(C)COC2)CC1. The Morgan fingerprint density at radius 3 is 2.42 bits per heavy atom. The van der Waals surface area contributed by atoms with Crippen molar-refractivity contribution >= 4 is 0 Å². The van der Waals surface area contributed by atoms with Crippen LogP contribution in [-0.4, -0.2) is 36.7 Å². The Balaban J connectivity index is 1.87. The first kappa shape index (κ1) is 14.5. The van der Waals surface area contributed by atoms with Crippen molar-refractivity contribution in [1.29, 1.82) is 0 Å². The van der Waals surface area contributed by atoms with Gasteiger partial charge in [-0.1, -0.05) is 30.4 Å². The number of nitrogens with zero attached hydrogens (tertiary/aromatic N) is 1. The molecule has 0 atom stereocenters. The van der Waals surface area contributed by atoms with Gasteiger partial charge in [0.05, 0.1) is 18.8 Å². The van der Waals surface area contributed by atoms with Crippen molar-refractivity contribution in [2.45, 2.75) is 39.2 Å². The van der Waals surface area contributed by atoms with Crippen LogP contribution in [0.25, 0.3) is 0 Å². The summed E-state index contributed by atoms with van der Waals surface area (Å²) in [7, 11) is 0. The van der Waals surface area contributed by atoms with Crippen molar-refractivity contribution in [1.82, 2.24) is 4.90 Å². The van der Waals surface area contributed by atoms with E-state index >= 15 is 0 Å². The molecule has 2 heteroatoms. The van der Waals surface area contributed by atoms with E-state index < -0.39 is 0 Å². The average Bonchev–Trinajstić information content (AvgIpc) is 2.36. The Bertz CT molecular complexity index is 382. The van der Waals surface area contributed by atoms with E-state index in [1.807, 2.05) is 13.0 Å². The van der Waals surface area contributed by atoms with Gasteiger partial charge >= 0.3 is 0 Å². The highest BCUT2D eigenvalue weighted by Gasteiger charge is 2.40. The maximum atomic E-state index is 5.37. The zero-order chi connectivity index (χ0) is 13.9. The van der Waals surface area contributed by atoms with Crippen molar-refractivity contribution < 1.29 is 4.74 Å². The second-order valence-electron chi connectivity index (χ2n) is 6.21. The van der Waals surface area contributed by atoms with Gasteiger partial charge in [-0.25, -0.2) is 0 Å². The van der Waals surface area contributed by atoms with Crippen LogP contribution in [0.15, 0.2) is 36.0 Å². The van der Waals surface area contributed by atoms with E-state index in [1.165, 1.54) is 31.5 Å². The van der Waals surface area contributed by atoms with Gasteiger partial charge in [0.1, 0.15) is 0 Å². The molecule has 0 aromatic rings. The van der Waals surface area contributed by atoms with Crippen molar-refractivity contribution in [2.75, 3.05) is 26.3 Å². The molecule has 0 spiro atoms. The lowest BCUT2D eigenvalue weighted by Gasteiger charge is -2.50. The highest BCUT2D eigenvalue weighted by Crippen LogP contribution is 2.32. The van der Waals surface area contributed by atoms with Crippen LogP contribution in [0.3, 0.4) is 0 Å². The van der Waals surface area contributed by atoms with Crippen molar-refractivity contribution in [3.63, 3.8) is 0 Å². The van der Waals surface area contributed by atoms with Crippen LogP contribution in [0.5, 0.6) is 0 Å². The quantitative estimate of drug-likeness (QED) is 0.717. The van der Waals surface area contributed by atoms with Gasteiger partial charge in [-0.15, -0.1) is 0 Å². The number of ether oxygens (including phenoxy) is 1.